The maximum Gasteiger partial charge on any atom is 0.243 e. The van der Waals surface area contributed by atoms with Crippen molar-refractivity contribution < 1.29 is 9.59 Å². The number of hydrogen-bond donors (Lipinski definition) is 0. The highest BCUT2D eigenvalue weighted by molar-refractivity contribution is 5.86. The third-order valence-corrected chi connectivity index (χ3v) is 5.36. The van der Waals surface area contributed by atoms with E-state index in [1.54, 1.807) is 0 Å². The number of rotatable bonds is 1. The van der Waals surface area contributed by atoms with E-state index in [1.807, 2.05) is 9.80 Å². The zero-order valence-electron chi connectivity index (χ0n) is 12.5. The van der Waals surface area contributed by atoms with Gasteiger partial charge in [0, 0.05) is 32.1 Å². The Labute approximate surface area is 125 Å². The van der Waals surface area contributed by atoms with Gasteiger partial charge < -0.3 is 9.80 Å². The number of amides is 2. The third-order valence-electron chi connectivity index (χ3n) is 5.36. The molecule has 1 atom stereocenters. The van der Waals surface area contributed by atoms with Gasteiger partial charge in [-0.1, -0.05) is 25.7 Å². The van der Waals surface area contributed by atoms with E-state index in [-0.39, 0.29) is 17.9 Å². The SMILES string of the molecule is N#CC1(C(=O)N2CCN3C(=O)CCC3C2)CCCCCC1. The van der Waals surface area contributed by atoms with E-state index in [0.29, 0.717) is 38.9 Å². The molecule has 0 radical (unpaired) electrons. The second-order valence-corrected chi connectivity index (χ2v) is 6.64. The van der Waals surface area contributed by atoms with Gasteiger partial charge in [-0.05, 0) is 19.3 Å². The third kappa shape index (κ3) is 2.52. The fraction of sp³-hybridized carbons (Fsp3) is 0.812. The molecule has 3 fully saturated rings. The van der Waals surface area contributed by atoms with E-state index in [0.717, 1.165) is 32.1 Å². The number of fused-ring (bicyclic) bond motifs is 1. The molecule has 1 saturated carbocycles. The summed E-state index contributed by atoms with van der Waals surface area (Å²) in [6, 6.07) is 2.53. The fourth-order valence-corrected chi connectivity index (χ4v) is 4.06. The molecular formula is C16H23N3O2. The van der Waals surface area contributed by atoms with Crippen LogP contribution in [-0.4, -0.2) is 47.3 Å². The number of nitrogens with zero attached hydrogens (tertiary/aromatic N) is 3. The molecule has 1 aliphatic carbocycles. The van der Waals surface area contributed by atoms with Crippen molar-refractivity contribution in [3.8, 4) is 6.07 Å². The molecule has 0 N–H and O–H groups in total. The largest absolute Gasteiger partial charge is 0.337 e. The van der Waals surface area contributed by atoms with E-state index in [1.165, 1.54) is 0 Å². The summed E-state index contributed by atoms with van der Waals surface area (Å²) in [5, 5.41) is 9.64. The zero-order valence-corrected chi connectivity index (χ0v) is 12.5. The minimum absolute atomic E-state index is 0.0194. The molecule has 2 aliphatic heterocycles. The molecule has 2 amide bonds. The van der Waals surface area contributed by atoms with Crippen LogP contribution in [0.3, 0.4) is 0 Å². The number of hydrogen-bond acceptors (Lipinski definition) is 3. The summed E-state index contributed by atoms with van der Waals surface area (Å²) in [6.07, 6.45) is 7.06. The lowest BCUT2D eigenvalue weighted by Crippen LogP contribution is -2.56. The Morgan fingerprint density at radius 2 is 1.90 bits per heavy atom. The fourth-order valence-electron chi connectivity index (χ4n) is 4.06. The molecule has 3 rings (SSSR count). The minimum atomic E-state index is -0.804. The van der Waals surface area contributed by atoms with E-state index < -0.39 is 5.41 Å². The van der Waals surface area contributed by atoms with Crippen LogP contribution in [0.5, 0.6) is 0 Å². The number of carbonyl (C=O) groups is 2. The first-order valence-electron chi connectivity index (χ1n) is 8.16. The summed E-state index contributed by atoms with van der Waals surface area (Å²) in [5.74, 6) is 0.238. The molecule has 5 nitrogen and oxygen atoms in total. The average Bonchev–Trinajstić information content (AvgIpc) is 2.74. The molecule has 1 unspecified atom stereocenters. The average molecular weight is 289 g/mol. The molecular weight excluding hydrogens is 266 g/mol. The number of carbonyl (C=O) groups excluding carboxylic acids is 2. The first-order valence-corrected chi connectivity index (χ1v) is 8.16. The Morgan fingerprint density at radius 1 is 1.19 bits per heavy atom. The number of piperazine rings is 1. The van der Waals surface area contributed by atoms with Crippen molar-refractivity contribution in [2.24, 2.45) is 5.41 Å². The molecule has 2 saturated heterocycles. The molecule has 0 bridgehead atoms. The van der Waals surface area contributed by atoms with Crippen LogP contribution in [0.25, 0.3) is 0 Å². The van der Waals surface area contributed by atoms with E-state index >= 15 is 0 Å². The van der Waals surface area contributed by atoms with Gasteiger partial charge in [0.1, 0.15) is 5.41 Å². The maximum atomic E-state index is 12.9. The van der Waals surface area contributed by atoms with Gasteiger partial charge in [0.25, 0.3) is 0 Å². The Kier molecular flexibility index (Phi) is 3.88. The van der Waals surface area contributed by atoms with Gasteiger partial charge in [0.15, 0.2) is 0 Å². The summed E-state index contributed by atoms with van der Waals surface area (Å²) in [4.78, 5) is 28.4. The van der Waals surface area contributed by atoms with Crippen molar-refractivity contribution >= 4 is 11.8 Å². The van der Waals surface area contributed by atoms with Gasteiger partial charge in [0.2, 0.25) is 11.8 Å². The predicted molar refractivity (Wildman–Crippen MR) is 77.1 cm³/mol. The van der Waals surface area contributed by atoms with E-state index in [9.17, 15) is 14.9 Å². The molecule has 5 heteroatoms. The van der Waals surface area contributed by atoms with Gasteiger partial charge in [-0.2, -0.15) is 5.26 Å². The smallest absolute Gasteiger partial charge is 0.243 e. The molecule has 2 heterocycles. The van der Waals surface area contributed by atoms with Gasteiger partial charge in [-0.25, -0.2) is 0 Å². The standard InChI is InChI=1S/C16H23N3O2/c17-12-16(7-3-1-2-4-8-16)15(21)18-9-10-19-13(11-18)5-6-14(19)20/h13H,1-11H2. The maximum absolute atomic E-state index is 12.9. The van der Waals surface area contributed by atoms with Crippen molar-refractivity contribution in [2.45, 2.75) is 57.4 Å². The molecule has 0 aromatic rings. The molecule has 0 aromatic heterocycles. The molecule has 3 aliphatic rings. The van der Waals surface area contributed by atoms with Crippen molar-refractivity contribution in [1.82, 2.24) is 9.80 Å². The summed E-state index contributed by atoms with van der Waals surface area (Å²) < 4.78 is 0. The van der Waals surface area contributed by atoms with Gasteiger partial charge in [0.05, 0.1) is 6.07 Å². The van der Waals surface area contributed by atoms with Crippen molar-refractivity contribution in [1.29, 1.82) is 5.26 Å². The highest BCUT2D eigenvalue weighted by Crippen LogP contribution is 2.37. The lowest BCUT2D eigenvalue weighted by atomic mass is 9.80. The quantitative estimate of drug-likeness (QED) is 0.690. The van der Waals surface area contributed by atoms with Crippen LogP contribution in [0, 0.1) is 16.7 Å². The topological polar surface area (TPSA) is 64.4 Å². The van der Waals surface area contributed by atoms with Crippen molar-refractivity contribution in [3.63, 3.8) is 0 Å². The first kappa shape index (κ1) is 14.4. The normalized spacial score (nSPS) is 28.7. The van der Waals surface area contributed by atoms with Gasteiger partial charge in [-0.15, -0.1) is 0 Å². The summed E-state index contributed by atoms with van der Waals surface area (Å²) in [5.41, 5.74) is -0.804. The van der Waals surface area contributed by atoms with E-state index in [4.69, 9.17) is 0 Å². The van der Waals surface area contributed by atoms with Crippen LogP contribution in [-0.2, 0) is 9.59 Å². The predicted octanol–water partition coefficient (Wildman–Crippen LogP) is 1.68. The highest BCUT2D eigenvalue weighted by Gasteiger charge is 2.45. The second-order valence-electron chi connectivity index (χ2n) is 6.64. The van der Waals surface area contributed by atoms with Crippen LogP contribution < -0.4 is 0 Å². The molecule has 21 heavy (non-hydrogen) atoms. The summed E-state index contributed by atoms with van der Waals surface area (Å²) >= 11 is 0. The monoisotopic (exact) mass is 289 g/mol. The second kappa shape index (κ2) is 5.67. The highest BCUT2D eigenvalue weighted by atomic mass is 16.2. The Balaban J connectivity index is 1.72. The van der Waals surface area contributed by atoms with Crippen molar-refractivity contribution in [3.05, 3.63) is 0 Å². The van der Waals surface area contributed by atoms with E-state index in [2.05, 4.69) is 6.07 Å². The number of nitriles is 1. The zero-order chi connectivity index (χ0) is 14.9. The Bertz CT molecular complexity index is 474. The lowest BCUT2D eigenvalue weighted by Gasteiger charge is -2.40. The molecule has 114 valence electrons. The van der Waals surface area contributed by atoms with Crippen LogP contribution in [0.1, 0.15) is 51.4 Å². The van der Waals surface area contributed by atoms with Gasteiger partial charge >= 0.3 is 0 Å². The minimum Gasteiger partial charge on any atom is -0.337 e. The Hall–Kier alpha value is -1.57. The van der Waals surface area contributed by atoms with Crippen LogP contribution >= 0.6 is 0 Å². The summed E-state index contributed by atoms with van der Waals surface area (Å²) in [6.45, 7) is 1.84. The van der Waals surface area contributed by atoms with Crippen LogP contribution in [0.15, 0.2) is 0 Å². The molecule has 0 spiro atoms. The first-order chi connectivity index (χ1) is 10.2. The Morgan fingerprint density at radius 3 is 2.57 bits per heavy atom. The lowest BCUT2D eigenvalue weighted by molar-refractivity contribution is -0.145. The van der Waals surface area contributed by atoms with Crippen LogP contribution in [0.2, 0.25) is 0 Å². The van der Waals surface area contributed by atoms with Crippen molar-refractivity contribution in [2.75, 3.05) is 19.6 Å². The van der Waals surface area contributed by atoms with Crippen LogP contribution in [0.4, 0.5) is 0 Å². The van der Waals surface area contributed by atoms with Gasteiger partial charge in [-0.3, -0.25) is 9.59 Å². The summed E-state index contributed by atoms with van der Waals surface area (Å²) in [7, 11) is 0. The molecule has 0 aromatic carbocycles.